The van der Waals surface area contributed by atoms with E-state index in [1.807, 2.05) is 11.8 Å². The van der Waals surface area contributed by atoms with Crippen LogP contribution < -0.4 is 5.32 Å². The Hall–Kier alpha value is -0.770. The van der Waals surface area contributed by atoms with Gasteiger partial charge >= 0.3 is 0 Å². The van der Waals surface area contributed by atoms with Gasteiger partial charge in [0.15, 0.2) is 0 Å². The van der Waals surface area contributed by atoms with Gasteiger partial charge in [-0.25, -0.2) is 9.97 Å². The highest BCUT2D eigenvalue weighted by atomic mass is 32.2. The Kier molecular flexibility index (Phi) is 3.46. The summed E-state index contributed by atoms with van der Waals surface area (Å²) in [6.07, 6.45) is 7.28. The largest absolute Gasteiger partial charge is 0.369 e. The number of hydrogen-bond acceptors (Lipinski definition) is 4. The summed E-state index contributed by atoms with van der Waals surface area (Å²) in [5, 5.41) is 4.05. The molecule has 0 spiro atoms. The summed E-state index contributed by atoms with van der Waals surface area (Å²) in [4.78, 5) is 8.64. The molecule has 1 aliphatic carbocycles. The number of fused-ring (bicyclic) bond motifs is 1. The summed E-state index contributed by atoms with van der Waals surface area (Å²) in [5.41, 5.74) is 2.58. The highest BCUT2D eigenvalue weighted by Crippen LogP contribution is 2.25. The van der Waals surface area contributed by atoms with Crippen molar-refractivity contribution in [3.63, 3.8) is 0 Å². The van der Waals surface area contributed by atoms with Gasteiger partial charge in [-0.3, -0.25) is 0 Å². The third-order valence-electron chi connectivity index (χ3n) is 2.83. The van der Waals surface area contributed by atoms with E-state index in [4.69, 9.17) is 0 Å². The molecular weight excluding hydrogens is 206 g/mol. The molecule has 0 radical (unpaired) electrons. The molecule has 0 aliphatic heterocycles. The second-order valence-electron chi connectivity index (χ2n) is 3.93. The SMILES string of the molecule is CSC(C)CNc1ncnc2c1CCC2. The van der Waals surface area contributed by atoms with E-state index in [1.165, 1.54) is 17.7 Å². The van der Waals surface area contributed by atoms with E-state index in [-0.39, 0.29) is 0 Å². The lowest BCUT2D eigenvalue weighted by atomic mass is 10.2. The Bertz CT molecular complexity index is 341. The van der Waals surface area contributed by atoms with Gasteiger partial charge in [0, 0.05) is 23.1 Å². The van der Waals surface area contributed by atoms with Crippen molar-refractivity contribution in [1.29, 1.82) is 0 Å². The lowest BCUT2D eigenvalue weighted by Crippen LogP contribution is -2.15. The monoisotopic (exact) mass is 223 g/mol. The predicted octanol–water partition coefficient (Wildman–Crippen LogP) is 2.13. The lowest BCUT2D eigenvalue weighted by Gasteiger charge is -2.12. The summed E-state index contributed by atoms with van der Waals surface area (Å²) < 4.78 is 0. The average molecular weight is 223 g/mol. The number of nitrogens with one attached hydrogen (secondary N) is 1. The molecule has 1 unspecified atom stereocenters. The molecule has 2 rings (SSSR count). The Balaban J connectivity index is 2.06. The third-order valence-corrected chi connectivity index (χ3v) is 3.81. The molecule has 82 valence electrons. The number of anilines is 1. The fourth-order valence-electron chi connectivity index (χ4n) is 1.84. The number of nitrogens with zero attached hydrogens (tertiary/aromatic N) is 2. The van der Waals surface area contributed by atoms with Crippen LogP contribution in [0.5, 0.6) is 0 Å². The average Bonchev–Trinajstić information content (AvgIpc) is 2.74. The van der Waals surface area contributed by atoms with Gasteiger partial charge in [0.2, 0.25) is 0 Å². The van der Waals surface area contributed by atoms with Crippen LogP contribution in [0.3, 0.4) is 0 Å². The number of aromatic nitrogens is 2. The van der Waals surface area contributed by atoms with Crippen LogP contribution in [-0.2, 0) is 12.8 Å². The first kappa shape index (κ1) is 10.7. The maximum atomic E-state index is 4.33. The molecule has 1 N–H and O–H groups in total. The summed E-state index contributed by atoms with van der Waals surface area (Å²) in [6.45, 7) is 3.20. The van der Waals surface area contributed by atoms with Crippen molar-refractivity contribution in [2.24, 2.45) is 0 Å². The van der Waals surface area contributed by atoms with E-state index < -0.39 is 0 Å². The molecule has 0 fully saturated rings. The quantitative estimate of drug-likeness (QED) is 0.848. The zero-order valence-corrected chi connectivity index (χ0v) is 10.1. The van der Waals surface area contributed by atoms with E-state index in [9.17, 15) is 0 Å². The number of hydrogen-bond donors (Lipinski definition) is 1. The van der Waals surface area contributed by atoms with Gasteiger partial charge in [0.1, 0.15) is 12.1 Å². The maximum absolute atomic E-state index is 4.33. The molecule has 1 aromatic rings. The second kappa shape index (κ2) is 4.84. The molecule has 15 heavy (non-hydrogen) atoms. The van der Waals surface area contributed by atoms with Crippen LogP contribution in [0.2, 0.25) is 0 Å². The van der Waals surface area contributed by atoms with Crippen LogP contribution in [0.4, 0.5) is 5.82 Å². The molecule has 0 aromatic carbocycles. The van der Waals surface area contributed by atoms with Crippen molar-refractivity contribution in [3.8, 4) is 0 Å². The third kappa shape index (κ3) is 2.43. The molecule has 3 nitrogen and oxygen atoms in total. The van der Waals surface area contributed by atoms with E-state index in [0.29, 0.717) is 5.25 Å². The standard InChI is InChI=1S/C11H17N3S/c1-8(15-2)6-12-11-9-4-3-5-10(9)13-7-14-11/h7-8H,3-6H2,1-2H3,(H,12,13,14). The van der Waals surface area contributed by atoms with Gasteiger partial charge in [-0.1, -0.05) is 6.92 Å². The van der Waals surface area contributed by atoms with Crippen LogP contribution >= 0.6 is 11.8 Å². The summed E-state index contributed by atoms with van der Waals surface area (Å²) in [7, 11) is 0. The first-order valence-electron chi connectivity index (χ1n) is 5.40. The Morgan fingerprint density at radius 1 is 1.47 bits per heavy atom. The minimum absolute atomic E-state index is 0.622. The van der Waals surface area contributed by atoms with Crippen LogP contribution in [-0.4, -0.2) is 28.0 Å². The Morgan fingerprint density at radius 2 is 2.33 bits per heavy atom. The molecule has 0 saturated carbocycles. The highest BCUT2D eigenvalue weighted by molar-refractivity contribution is 7.99. The number of thioether (sulfide) groups is 1. The van der Waals surface area contributed by atoms with Gasteiger partial charge in [-0.15, -0.1) is 0 Å². The van der Waals surface area contributed by atoms with Crippen molar-refractivity contribution >= 4 is 17.6 Å². The first-order valence-corrected chi connectivity index (χ1v) is 6.69. The Labute approximate surface area is 95.1 Å². The number of aryl methyl sites for hydroxylation is 1. The second-order valence-corrected chi connectivity index (χ2v) is 5.20. The molecule has 0 bridgehead atoms. The molecule has 1 aliphatic rings. The van der Waals surface area contributed by atoms with Crippen LogP contribution in [0.15, 0.2) is 6.33 Å². The minimum Gasteiger partial charge on any atom is -0.369 e. The normalized spacial score (nSPS) is 16.1. The first-order chi connectivity index (χ1) is 7.31. The van der Waals surface area contributed by atoms with Crippen LogP contribution in [0.25, 0.3) is 0 Å². The Morgan fingerprint density at radius 3 is 3.13 bits per heavy atom. The lowest BCUT2D eigenvalue weighted by molar-refractivity contribution is 0.899. The molecule has 1 heterocycles. The molecular formula is C11H17N3S. The highest BCUT2D eigenvalue weighted by Gasteiger charge is 2.16. The van der Waals surface area contributed by atoms with Gasteiger partial charge in [-0.2, -0.15) is 11.8 Å². The van der Waals surface area contributed by atoms with Crippen molar-refractivity contribution < 1.29 is 0 Å². The van der Waals surface area contributed by atoms with Gasteiger partial charge in [0.25, 0.3) is 0 Å². The molecule has 0 amide bonds. The van der Waals surface area contributed by atoms with E-state index in [2.05, 4.69) is 28.5 Å². The summed E-state index contributed by atoms with van der Waals surface area (Å²) in [5.74, 6) is 1.05. The fourth-order valence-corrected chi connectivity index (χ4v) is 2.09. The summed E-state index contributed by atoms with van der Waals surface area (Å²) in [6, 6.07) is 0. The molecule has 4 heteroatoms. The van der Waals surface area contributed by atoms with Gasteiger partial charge in [0.05, 0.1) is 0 Å². The summed E-state index contributed by atoms with van der Waals surface area (Å²) >= 11 is 1.87. The molecule has 1 aromatic heterocycles. The van der Waals surface area contributed by atoms with Crippen molar-refractivity contribution in [2.75, 3.05) is 18.1 Å². The molecule has 0 saturated heterocycles. The van der Waals surface area contributed by atoms with E-state index in [1.54, 1.807) is 6.33 Å². The van der Waals surface area contributed by atoms with Crippen LogP contribution in [0, 0.1) is 0 Å². The predicted molar refractivity (Wildman–Crippen MR) is 65.5 cm³/mol. The minimum atomic E-state index is 0.622. The van der Waals surface area contributed by atoms with Crippen molar-refractivity contribution in [3.05, 3.63) is 17.6 Å². The zero-order chi connectivity index (χ0) is 10.7. The molecule has 1 atom stereocenters. The van der Waals surface area contributed by atoms with Gasteiger partial charge in [-0.05, 0) is 25.5 Å². The van der Waals surface area contributed by atoms with Crippen LogP contribution in [0.1, 0.15) is 24.6 Å². The van der Waals surface area contributed by atoms with E-state index in [0.717, 1.165) is 25.2 Å². The fraction of sp³-hybridized carbons (Fsp3) is 0.636. The number of rotatable bonds is 4. The van der Waals surface area contributed by atoms with Crippen molar-refractivity contribution in [1.82, 2.24) is 9.97 Å². The topological polar surface area (TPSA) is 37.8 Å². The maximum Gasteiger partial charge on any atom is 0.132 e. The van der Waals surface area contributed by atoms with E-state index >= 15 is 0 Å². The zero-order valence-electron chi connectivity index (χ0n) is 9.29. The van der Waals surface area contributed by atoms with Crippen molar-refractivity contribution in [2.45, 2.75) is 31.4 Å². The van der Waals surface area contributed by atoms with Gasteiger partial charge < -0.3 is 5.32 Å². The smallest absolute Gasteiger partial charge is 0.132 e.